The number of benzene rings is 1. The van der Waals surface area contributed by atoms with Gasteiger partial charge in [-0.1, -0.05) is 0 Å². The lowest BCUT2D eigenvalue weighted by Crippen LogP contribution is -2.39. The molecule has 1 atom stereocenters. The molecule has 0 bridgehead atoms. The first-order valence-corrected chi connectivity index (χ1v) is 6.99. The lowest BCUT2D eigenvalue weighted by atomic mass is 10.2. The van der Waals surface area contributed by atoms with Crippen LogP contribution < -0.4 is 10.1 Å². The third-order valence-electron chi connectivity index (χ3n) is 2.47. The number of hydrogen-bond acceptors (Lipinski definition) is 4. The fourth-order valence-electron chi connectivity index (χ4n) is 1.48. The fourth-order valence-corrected chi connectivity index (χ4v) is 2.02. The highest BCUT2D eigenvalue weighted by Crippen LogP contribution is 2.25. The Hall–Kier alpha value is -1.56. The lowest BCUT2D eigenvalue weighted by Gasteiger charge is -2.15. The summed E-state index contributed by atoms with van der Waals surface area (Å²) >= 11 is 3.29. The Balaban J connectivity index is 2.71. The van der Waals surface area contributed by atoms with E-state index >= 15 is 0 Å². The molecule has 0 radical (unpaired) electrons. The molecule has 110 valence electrons. The van der Waals surface area contributed by atoms with Gasteiger partial charge in [-0.15, -0.1) is 0 Å². The number of hydrogen-bond donors (Lipinski definition) is 1. The zero-order valence-electron chi connectivity index (χ0n) is 11.9. The van der Waals surface area contributed by atoms with Crippen molar-refractivity contribution in [2.45, 2.75) is 32.9 Å². The van der Waals surface area contributed by atoms with Crippen LogP contribution in [0.1, 0.15) is 31.1 Å². The second-order valence-electron chi connectivity index (χ2n) is 4.56. The van der Waals surface area contributed by atoms with Crippen molar-refractivity contribution in [1.29, 1.82) is 0 Å². The van der Waals surface area contributed by atoms with Gasteiger partial charge in [0.25, 0.3) is 5.91 Å². The molecule has 5 nitrogen and oxygen atoms in total. The van der Waals surface area contributed by atoms with Crippen molar-refractivity contribution in [1.82, 2.24) is 5.32 Å². The van der Waals surface area contributed by atoms with Gasteiger partial charge in [0.15, 0.2) is 6.10 Å². The zero-order chi connectivity index (χ0) is 15.3. The van der Waals surface area contributed by atoms with E-state index in [0.717, 1.165) is 0 Å². The summed E-state index contributed by atoms with van der Waals surface area (Å²) in [5.41, 5.74) is 0.349. The van der Waals surface area contributed by atoms with E-state index in [2.05, 4.69) is 21.2 Å². The number of nitrogens with one attached hydrogen (secondary N) is 1. The van der Waals surface area contributed by atoms with E-state index in [4.69, 9.17) is 9.47 Å². The summed E-state index contributed by atoms with van der Waals surface area (Å²) in [7, 11) is 1.54. The van der Waals surface area contributed by atoms with E-state index in [1.807, 2.05) is 13.8 Å². The Bertz CT molecular complexity index is 502. The Labute approximate surface area is 126 Å². The van der Waals surface area contributed by atoms with Gasteiger partial charge in [-0.05, 0) is 54.9 Å². The molecule has 1 aromatic rings. The Morgan fingerprint density at radius 2 is 1.90 bits per heavy atom. The molecule has 20 heavy (non-hydrogen) atoms. The van der Waals surface area contributed by atoms with Gasteiger partial charge in [-0.2, -0.15) is 0 Å². The van der Waals surface area contributed by atoms with E-state index in [-0.39, 0.29) is 11.9 Å². The zero-order valence-corrected chi connectivity index (χ0v) is 13.5. The highest BCUT2D eigenvalue weighted by Gasteiger charge is 2.19. The van der Waals surface area contributed by atoms with Crippen LogP contribution in [0.5, 0.6) is 5.75 Å². The number of amides is 1. The molecule has 1 N–H and O–H groups in total. The van der Waals surface area contributed by atoms with Gasteiger partial charge in [0.05, 0.1) is 17.1 Å². The van der Waals surface area contributed by atoms with Crippen molar-refractivity contribution in [3.8, 4) is 5.75 Å². The molecule has 0 aromatic heterocycles. The molecule has 0 aliphatic rings. The van der Waals surface area contributed by atoms with Crippen LogP contribution in [0.2, 0.25) is 0 Å². The second-order valence-corrected chi connectivity index (χ2v) is 5.41. The molecule has 0 heterocycles. The van der Waals surface area contributed by atoms with Gasteiger partial charge in [0.1, 0.15) is 5.75 Å². The predicted molar refractivity (Wildman–Crippen MR) is 78.9 cm³/mol. The third-order valence-corrected chi connectivity index (χ3v) is 3.09. The van der Waals surface area contributed by atoms with Crippen molar-refractivity contribution < 1.29 is 19.1 Å². The SMILES string of the molecule is COc1ccc(C(=O)O[C@H](C)C(=O)NC(C)C)cc1Br. The largest absolute Gasteiger partial charge is 0.496 e. The molecule has 0 spiro atoms. The average Bonchev–Trinajstić information content (AvgIpc) is 2.37. The van der Waals surface area contributed by atoms with Crippen molar-refractivity contribution in [3.05, 3.63) is 28.2 Å². The first-order chi connectivity index (χ1) is 9.35. The number of methoxy groups -OCH3 is 1. The number of halogens is 1. The molecule has 0 fully saturated rings. The molecular formula is C14H18BrNO4. The normalized spacial score (nSPS) is 11.9. The van der Waals surface area contributed by atoms with Gasteiger partial charge < -0.3 is 14.8 Å². The van der Waals surface area contributed by atoms with Crippen LogP contribution in [0.3, 0.4) is 0 Å². The minimum Gasteiger partial charge on any atom is -0.496 e. The van der Waals surface area contributed by atoms with E-state index in [1.54, 1.807) is 18.2 Å². The first-order valence-electron chi connectivity index (χ1n) is 6.20. The minimum atomic E-state index is -0.842. The number of carbonyl (C=O) groups excluding carboxylic acids is 2. The molecule has 0 aliphatic heterocycles. The number of rotatable bonds is 5. The summed E-state index contributed by atoms with van der Waals surface area (Å²) in [4.78, 5) is 23.6. The summed E-state index contributed by atoms with van der Waals surface area (Å²) < 4.78 is 10.8. The van der Waals surface area contributed by atoms with E-state index in [9.17, 15) is 9.59 Å². The predicted octanol–water partition coefficient (Wildman–Crippen LogP) is 2.53. The maximum atomic E-state index is 11.9. The van der Waals surface area contributed by atoms with E-state index in [0.29, 0.717) is 15.8 Å². The molecule has 0 saturated carbocycles. The van der Waals surface area contributed by atoms with E-state index < -0.39 is 12.1 Å². The van der Waals surface area contributed by atoms with Gasteiger partial charge in [-0.3, -0.25) is 4.79 Å². The number of esters is 1. The van der Waals surface area contributed by atoms with Gasteiger partial charge in [0.2, 0.25) is 0 Å². The van der Waals surface area contributed by atoms with Gasteiger partial charge in [-0.25, -0.2) is 4.79 Å². The minimum absolute atomic E-state index is 0.00113. The summed E-state index contributed by atoms with van der Waals surface area (Å²) in [6.45, 7) is 5.22. The molecule has 1 aromatic carbocycles. The lowest BCUT2D eigenvalue weighted by molar-refractivity contribution is -0.129. The molecule has 0 saturated heterocycles. The molecule has 1 amide bonds. The number of carbonyl (C=O) groups is 2. The van der Waals surface area contributed by atoms with E-state index in [1.165, 1.54) is 14.0 Å². The molecular weight excluding hydrogens is 326 g/mol. The quantitative estimate of drug-likeness (QED) is 0.834. The van der Waals surface area contributed by atoms with Crippen LogP contribution in [-0.4, -0.2) is 31.1 Å². The van der Waals surface area contributed by atoms with Crippen LogP contribution in [0.15, 0.2) is 22.7 Å². The topological polar surface area (TPSA) is 64.6 Å². The monoisotopic (exact) mass is 343 g/mol. The van der Waals surface area contributed by atoms with Crippen molar-refractivity contribution in [2.75, 3.05) is 7.11 Å². The molecule has 0 aliphatic carbocycles. The van der Waals surface area contributed by atoms with Crippen molar-refractivity contribution in [3.63, 3.8) is 0 Å². The third kappa shape index (κ3) is 4.52. The smallest absolute Gasteiger partial charge is 0.338 e. The van der Waals surface area contributed by atoms with Crippen molar-refractivity contribution >= 4 is 27.8 Å². The summed E-state index contributed by atoms with van der Waals surface area (Å²) in [6.07, 6.45) is -0.842. The van der Waals surface area contributed by atoms with Crippen LogP contribution >= 0.6 is 15.9 Å². The number of ether oxygens (including phenoxy) is 2. The molecule has 1 rings (SSSR count). The summed E-state index contributed by atoms with van der Waals surface area (Å²) in [5, 5.41) is 2.68. The molecule has 6 heteroatoms. The maximum absolute atomic E-state index is 11.9. The van der Waals surface area contributed by atoms with Crippen LogP contribution in [0.4, 0.5) is 0 Å². The van der Waals surface area contributed by atoms with Crippen LogP contribution in [0, 0.1) is 0 Å². The average molecular weight is 344 g/mol. The Morgan fingerprint density at radius 1 is 1.25 bits per heavy atom. The van der Waals surface area contributed by atoms with Crippen LogP contribution in [0.25, 0.3) is 0 Å². The molecule has 0 unspecified atom stereocenters. The van der Waals surface area contributed by atoms with Gasteiger partial charge in [0, 0.05) is 6.04 Å². The fraction of sp³-hybridized carbons (Fsp3) is 0.429. The highest BCUT2D eigenvalue weighted by molar-refractivity contribution is 9.10. The summed E-state index contributed by atoms with van der Waals surface area (Å²) in [5.74, 6) is -0.257. The second kappa shape index (κ2) is 7.28. The van der Waals surface area contributed by atoms with Crippen molar-refractivity contribution in [2.24, 2.45) is 0 Å². The van der Waals surface area contributed by atoms with Crippen LogP contribution in [-0.2, 0) is 9.53 Å². The maximum Gasteiger partial charge on any atom is 0.338 e. The highest BCUT2D eigenvalue weighted by atomic mass is 79.9. The first kappa shape index (κ1) is 16.5. The Kier molecular flexibility index (Phi) is 6.01. The standard InChI is InChI=1S/C14H18BrNO4/c1-8(2)16-13(17)9(3)20-14(18)10-5-6-12(19-4)11(15)7-10/h5-9H,1-4H3,(H,16,17)/t9-/m1/s1. The van der Waals surface area contributed by atoms with Gasteiger partial charge >= 0.3 is 5.97 Å². The summed E-state index contributed by atoms with van der Waals surface area (Å²) in [6, 6.07) is 4.83. The Morgan fingerprint density at radius 3 is 2.40 bits per heavy atom.